The standard InChI is InChI=1S/C17H17FN2O/c1-11(12-4-6-16(18)7-5-12)20-17(21)13-2-3-14-9-19-10-15(14)8-13/h2-8,11,19H,9-10H2,1H3,(H,20,21). The molecule has 0 saturated heterocycles. The second-order valence-corrected chi connectivity index (χ2v) is 5.33. The van der Waals surface area contributed by atoms with Gasteiger partial charge in [0.05, 0.1) is 6.04 Å². The highest BCUT2D eigenvalue weighted by molar-refractivity contribution is 5.94. The number of halogens is 1. The van der Waals surface area contributed by atoms with E-state index in [9.17, 15) is 9.18 Å². The van der Waals surface area contributed by atoms with Crippen LogP contribution in [0.4, 0.5) is 4.39 Å². The van der Waals surface area contributed by atoms with E-state index >= 15 is 0 Å². The van der Waals surface area contributed by atoms with Crippen LogP contribution < -0.4 is 10.6 Å². The predicted octanol–water partition coefficient (Wildman–Crippen LogP) is 2.92. The van der Waals surface area contributed by atoms with Gasteiger partial charge in [-0.2, -0.15) is 0 Å². The van der Waals surface area contributed by atoms with Crippen LogP contribution in [0.5, 0.6) is 0 Å². The van der Waals surface area contributed by atoms with Crippen molar-refractivity contribution >= 4 is 5.91 Å². The van der Waals surface area contributed by atoms with Crippen LogP contribution in [0.2, 0.25) is 0 Å². The molecule has 1 aliphatic rings. The number of nitrogens with one attached hydrogen (secondary N) is 2. The molecule has 2 N–H and O–H groups in total. The van der Waals surface area contributed by atoms with Gasteiger partial charge in [0.15, 0.2) is 0 Å². The van der Waals surface area contributed by atoms with E-state index in [1.165, 1.54) is 23.3 Å². The molecule has 0 radical (unpaired) electrons. The maximum absolute atomic E-state index is 12.9. The lowest BCUT2D eigenvalue weighted by molar-refractivity contribution is 0.0940. The van der Waals surface area contributed by atoms with E-state index in [0.29, 0.717) is 5.56 Å². The van der Waals surface area contributed by atoms with Crippen LogP contribution in [-0.4, -0.2) is 5.91 Å². The van der Waals surface area contributed by atoms with Crippen molar-refractivity contribution in [2.75, 3.05) is 0 Å². The van der Waals surface area contributed by atoms with Crippen LogP contribution in [0.25, 0.3) is 0 Å². The lowest BCUT2D eigenvalue weighted by Gasteiger charge is -2.14. The first-order chi connectivity index (χ1) is 10.1. The number of fused-ring (bicyclic) bond motifs is 1. The third-order valence-corrected chi connectivity index (χ3v) is 3.82. The second-order valence-electron chi connectivity index (χ2n) is 5.33. The van der Waals surface area contributed by atoms with Gasteiger partial charge in [0.1, 0.15) is 5.82 Å². The topological polar surface area (TPSA) is 41.1 Å². The Balaban J connectivity index is 1.72. The van der Waals surface area contributed by atoms with Crippen LogP contribution in [-0.2, 0) is 13.1 Å². The lowest BCUT2D eigenvalue weighted by Crippen LogP contribution is -2.26. The lowest BCUT2D eigenvalue weighted by atomic mass is 10.0. The summed E-state index contributed by atoms with van der Waals surface area (Å²) >= 11 is 0. The fourth-order valence-electron chi connectivity index (χ4n) is 2.55. The van der Waals surface area contributed by atoms with Crippen LogP contribution >= 0.6 is 0 Å². The van der Waals surface area contributed by atoms with Gasteiger partial charge < -0.3 is 10.6 Å². The quantitative estimate of drug-likeness (QED) is 0.910. The Hall–Kier alpha value is -2.20. The van der Waals surface area contributed by atoms with Crippen molar-refractivity contribution in [3.05, 3.63) is 70.5 Å². The monoisotopic (exact) mass is 284 g/mol. The van der Waals surface area contributed by atoms with Crippen molar-refractivity contribution in [3.63, 3.8) is 0 Å². The zero-order valence-corrected chi connectivity index (χ0v) is 11.8. The van der Waals surface area contributed by atoms with Crippen LogP contribution in [0.3, 0.4) is 0 Å². The number of amides is 1. The molecule has 3 rings (SSSR count). The molecular formula is C17H17FN2O. The summed E-state index contributed by atoms with van der Waals surface area (Å²) in [6.45, 7) is 3.56. The molecule has 0 saturated carbocycles. The Morgan fingerprint density at radius 1 is 1.14 bits per heavy atom. The summed E-state index contributed by atoms with van der Waals surface area (Å²) in [4.78, 5) is 12.3. The van der Waals surface area contributed by atoms with Crippen molar-refractivity contribution in [2.45, 2.75) is 26.1 Å². The molecule has 1 heterocycles. The average Bonchev–Trinajstić information content (AvgIpc) is 2.95. The SMILES string of the molecule is CC(NC(=O)c1ccc2c(c1)CNC2)c1ccc(F)cc1. The van der Waals surface area contributed by atoms with Gasteiger partial charge in [-0.1, -0.05) is 18.2 Å². The molecule has 2 aromatic rings. The van der Waals surface area contributed by atoms with Gasteiger partial charge in [-0.15, -0.1) is 0 Å². The molecule has 1 unspecified atom stereocenters. The van der Waals surface area contributed by atoms with E-state index in [1.807, 2.05) is 25.1 Å². The molecular weight excluding hydrogens is 267 g/mol. The third-order valence-electron chi connectivity index (χ3n) is 3.82. The minimum atomic E-state index is -0.275. The summed E-state index contributed by atoms with van der Waals surface area (Å²) in [5.74, 6) is -0.384. The number of hydrogen-bond donors (Lipinski definition) is 2. The maximum atomic E-state index is 12.9. The average molecular weight is 284 g/mol. The van der Waals surface area contributed by atoms with Gasteiger partial charge in [0.2, 0.25) is 0 Å². The number of hydrogen-bond acceptors (Lipinski definition) is 2. The smallest absolute Gasteiger partial charge is 0.251 e. The highest BCUT2D eigenvalue weighted by Crippen LogP contribution is 2.18. The Kier molecular flexibility index (Phi) is 3.71. The van der Waals surface area contributed by atoms with Gasteiger partial charge in [-0.05, 0) is 47.9 Å². The first kappa shape index (κ1) is 13.8. The van der Waals surface area contributed by atoms with E-state index in [0.717, 1.165) is 18.7 Å². The van der Waals surface area contributed by atoms with E-state index in [-0.39, 0.29) is 17.8 Å². The molecule has 0 fully saturated rings. The Bertz CT molecular complexity index is 667. The fraction of sp³-hybridized carbons (Fsp3) is 0.235. The molecule has 1 aliphatic heterocycles. The van der Waals surface area contributed by atoms with Crippen molar-refractivity contribution in [3.8, 4) is 0 Å². The molecule has 3 nitrogen and oxygen atoms in total. The van der Waals surface area contributed by atoms with Crippen molar-refractivity contribution in [2.24, 2.45) is 0 Å². The van der Waals surface area contributed by atoms with Gasteiger partial charge in [0.25, 0.3) is 5.91 Å². The van der Waals surface area contributed by atoms with Crippen molar-refractivity contribution in [1.82, 2.24) is 10.6 Å². The summed E-state index contributed by atoms with van der Waals surface area (Å²) in [5, 5.41) is 6.20. The predicted molar refractivity (Wildman–Crippen MR) is 79.3 cm³/mol. The van der Waals surface area contributed by atoms with Crippen molar-refractivity contribution in [1.29, 1.82) is 0 Å². The molecule has 0 aliphatic carbocycles. The van der Waals surface area contributed by atoms with Crippen LogP contribution in [0, 0.1) is 5.82 Å². The summed E-state index contributed by atoms with van der Waals surface area (Å²) < 4.78 is 12.9. The maximum Gasteiger partial charge on any atom is 0.251 e. The summed E-state index contributed by atoms with van der Waals surface area (Å²) in [6.07, 6.45) is 0. The van der Waals surface area contributed by atoms with E-state index in [2.05, 4.69) is 10.6 Å². The summed E-state index contributed by atoms with van der Waals surface area (Å²) in [7, 11) is 0. The second kappa shape index (κ2) is 5.66. The molecule has 21 heavy (non-hydrogen) atoms. The van der Waals surface area contributed by atoms with Gasteiger partial charge in [0, 0.05) is 18.7 Å². The first-order valence-electron chi connectivity index (χ1n) is 7.02. The molecule has 0 spiro atoms. The summed E-state index contributed by atoms with van der Waals surface area (Å²) in [5.41, 5.74) is 3.97. The molecule has 1 amide bonds. The minimum Gasteiger partial charge on any atom is -0.346 e. The number of carbonyl (C=O) groups excluding carboxylic acids is 1. The highest BCUT2D eigenvalue weighted by atomic mass is 19.1. The van der Waals surface area contributed by atoms with Crippen molar-refractivity contribution < 1.29 is 9.18 Å². The summed E-state index contributed by atoms with van der Waals surface area (Å²) in [6, 6.07) is 11.8. The Morgan fingerprint density at radius 2 is 1.86 bits per heavy atom. The molecule has 0 bridgehead atoms. The van der Waals surface area contributed by atoms with Gasteiger partial charge in [-0.3, -0.25) is 4.79 Å². The molecule has 2 aromatic carbocycles. The number of rotatable bonds is 3. The Morgan fingerprint density at radius 3 is 2.62 bits per heavy atom. The molecule has 4 heteroatoms. The third kappa shape index (κ3) is 2.95. The minimum absolute atomic E-state index is 0.110. The van der Waals surface area contributed by atoms with E-state index < -0.39 is 0 Å². The number of benzene rings is 2. The molecule has 0 aromatic heterocycles. The zero-order valence-electron chi connectivity index (χ0n) is 11.8. The van der Waals surface area contributed by atoms with Crippen LogP contribution in [0.1, 0.15) is 40.0 Å². The van der Waals surface area contributed by atoms with Crippen LogP contribution in [0.15, 0.2) is 42.5 Å². The Labute approximate surface area is 123 Å². The number of carbonyl (C=O) groups is 1. The normalized spacial score (nSPS) is 14.6. The first-order valence-corrected chi connectivity index (χ1v) is 7.02. The zero-order chi connectivity index (χ0) is 14.8. The van der Waals surface area contributed by atoms with E-state index in [4.69, 9.17) is 0 Å². The van der Waals surface area contributed by atoms with Gasteiger partial charge >= 0.3 is 0 Å². The largest absolute Gasteiger partial charge is 0.346 e. The molecule has 1 atom stereocenters. The van der Waals surface area contributed by atoms with Gasteiger partial charge in [-0.25, -0.2) is 4.39 Å². The van der Waals surface area contributed by atoms with E-state index in [1.54, 1.807) is 12.1 Å². The molecule has 108 valence electrons. The fourth-order valence-corrected chi connectivity index (χ4v) is 2.55. The highest BCUT2D eigenvalue weighted by Gasteiger charge is 2.15.